The zero-order valence-corrected chi connectivity index (χ0v) is 14.9. The van der Waals surface area contributed by atoms with Crippen molar-refractivity contribution in [3.63, 3.8) is 0 Å². The Morgan fingerprint density at radius 2 is 1.96 bits per heavy atom. The number of thiophene rings is 1. The predicted octanol–water partition coefficient (Wildman–Crippen LogP) is 5.44. The molecular weight excluding hydrogens is 298 g/mol. The van der Waals surface area contributed by atoms with Crippen LogP contribution in [0, 0.1) is 24.7 Å². The van der Waals surface area contributed by atoms with E-state index in [2.05, 4.69) is 35.4 Å². The van der Waals surface area contributed by atoms with E-state index in [1.54, 1.807) is 5.56 Å². The molecule has 2 saturated carbocycles. The number of nitrogens with zero attached hydrogens (tertiary/aromatic N) is 1. The zero-order chi connectivity index (χ0) is 15.4. The van der Waals surface area contributed by atoms with Crippen molar-refractivity contribution in [2.24, 2.45) is 17.8 Å². The largest absolute Gasteiger partial charge is 0.303 e. The van der Waals surface area contributed by atoms with Crippen LogP contribution >= 0.6 is 11.3 Å². The van der Waals surface area contributed by atoms with Crippen molar-refractivity contribution in [3.8, 4) is 0 Å². The first-order chi connectivity index (χ1) is 11.3. The van der Waals surface area contributed by atoms with Crippen LogP contribution in [0.15, 0.2) is 23.6 Å². The van der Waals surface area contributed by atoms with E-state index in [9.17, 15) is 0 Å². The number of hydrogen-bond acceptors (Lipinski definition) is 2. The van der Waals surface area contributed by atoms with E-state index in [-0.39, 0.29) is 0 Å². The standard InChI is InChI=1S/C21H27NS/c1-14-13-23-20-7-6-17(11-18(14)20)21-16-5-4-15(10-16)19(21)12-22-8-2-3-9-22/h6-7,11,13,15-16,19,21H,2-5,8-10,12H2,1H3/t15-,16+,19-,21+/m1/s1. The molecule has 4 atom stereocenters. The second-order valence-corrected chi connectivity index (χ2v) is 9.12. The van der Waals surface area contributed by atoms with Crippen LogP contribution < -0.4 is 0 Å². The van der Waals surface area contributed by atoms with Crippen LogP contribution in [-0.4, -0.2) is 24.5 Å². The summed E-state index contributed by atoms with van der Waals surface area (Å²) in [7, 11) is 0. The first-order valence-electron chi connectivity index (χ1n) is 9.50. The van der Waals surface area contributed by atoms with Gasteiger partial charge in [-0.3, -0.25) is 0 Å². The van der Waals surface area contributed by atoms with Crippen LogP contribution in [0.1, 0.15) is 49.1 Å². The van der Waals surface area contributed by atoms with Gasteiger partial charge >= 0.3 is 0 Å². The first-order valence-corrected chi connectivity index (χ1v) is 10.4. The quantitative estimate of drug-likeness (QED) is 0.727. The van der Waals surface area contributed by atoms with E-state index in [1.165, 1.54) is 67.4 Å². The molecule has 1 aromatic heterocycles. The summed E-state index contributed by atoms with van der Waals surface area (Å²) in [5.74, 6) is 3.72. The molecule has 23 heavy (non-hydrogen) atoms. The summed E-state index contributed by atoms with van der Waals surface area (Å²) in [5, 5.41) is 3.83. The summed E-state index contributed by atoms with van der Waals surface area (Å²) in [6.45, 7) is 6.34. The van der Waals surface area contributed by atoms with Crippen molar-refractivity contribution in [1.82, 2.24) is 4.90 Å². The van der Waals surface area contributed by atoms with E-state index in [1.807, 2.05) is 11.3 Å². The zero-order valence-electron chi connectivity index (χ0n) is 14.1. The van der Waals surface area contributed by atoms with Crippen LogP contribution in [-0.2, 0) is 0 Å². The minimum Gasteiger partial charge on any atom is -0.303 e. The van der Waals surface area contributed by atoms with Crippen LogP contribution in [0.2, 0.25) is 0 Å². The molecule has 0 N–H and O–H groups in total. The molecule has 1 aromatic carbocycles. The van der Waals surface area contributed by atoms with Gasteiger partial charge in [0.25, 0.3) is 0 Å². The normalized spacial score (nSPS) is 34.0. The van der Waals surface area contributed by atoms with Gasteiger partial charge in [0, 0.05) is 11.2 Å². The van der Waals surface area contributed by atoms with Crippen molar-refractivity contribution in [3.05, 3.63) is 34.7 Å². The molecule has 122 valence electrons. The van der Waals surface area contributed by atoms with Gasteiger partial charge in [0.1, 0.15) is 0 Å². The van der Waals surface area contributed by atoms with E-state index in [4.69, 9.17) is 0 Å². The molecule has 2 aromatic rings. The van der Waals surface area contributed by atoms with E-state index in [0.717, 1.165) is 23.7 Å². The van der Waals surface area contributed by atoms with E-state index >= 15 is 0 Å². The number of likely N-dealkylation sites (tertiary alicyclic amines) is 1. The molecule has 2 heteroatoms. The molecule has 2 aliphatic carbocycles. The molecule has 3 fully saturated rings. The second-order valence-electron chi connectivity index (χ2n) is 8.20. The summed E-state index contributed by atoms with van der Waals surface area (Å²) in [6.07, 6.45) is 7.33. The molecule has 2 bridgehead atoms. The summed E-state index contributed by atoms with van der Waals surface area (Å²) in [4.78, 5) is 2.76. The third-order valence-electron chi connectivity index (χ3n) is 6.93. The number of rotatable bonds is 3. The Bertz CT molecular complexity index is 712. The predicted molar refractivity (Wildman–Crippen MR) is 99.3 cm³/mol. The Labute approximate surface area is 143 Å². The van der Waals surface area contributed by atoms with Gasteiger partial charge in [-0.2, -0.15) is 0 Å². The van der Waals surface area contributed by atoms with E-state index in [0.29, 0.717) is 0 Å². The van der Waals surface area contributed by atoms with Crippen molar-refractivity contribution in [2.45, 2.75) is 44.9 Å². The average Bonchev–Trinajstić information content (AvgIpc) is 3.33. The van der Waals surface area contributed by atoms with Gasteiger partial charge in [0.15, 0.2) is 0 Å². The van der Waals surface area contributed by atoms with Gasteiger partial charge in [-0.1, -0.05) is 6.07 Å². The molecule has 0 amide bonds. The fraction of sp³-hybridized carbons (Fsp3) is 0.619. The molecule has 3 aliphatic rings. The van der Waals surface area contributed by atoms with E-state index < -0.39 is 0 Å². The first kappa shape index (κ1) is 14.5. The molecule has 5 rings (SSSR count). The molecule has 0 unspecified atom stereocenters. The van der Waals surface area contributed by atoms with Crippen molar-refractivity contribution in [1.29, 1.82) is 0 Å². The SMILES string of the molecule is Cc1csc2ccc([C@@H]3[C@H]4CC[C@H](C4)[C@H]3CN3CCCC3)cc12. The Hall–Kier alpha value is -0.860. The fourth-order valence-corrected chi connectivity index (χ4v) is 6.76. The lowest BCUT2D eigenvalue weighted by molar-refractivity contribution is 0.197. The average molecular weight is 326 g/mol. The third kappa shape index (κ3) is 2.37. The summed E-state index contributed by atoms with van der Waals surface area (Å²) >= 11 is 1.90. The van der Waals surface area contributed by atoms with Crippen molar-refractivity contribution < 1.29 is 0 Å². The third-order valence-corrected chi connectivity index (χ3v) is 8.01. The Morgan fingerprint density at radius 1 is 1.13 bits per heavy atom. The maximum absolute atomic E-state index is 2.76. The Kier molecular flexibility index (Phi) is 3.52. The Balaban J connectivity index is 1.48. The lowest BCUT2D eigenvalue weighted by atomic mass is 9.75. The number of aryl methyl sites for hydroxylation is 1. The maximum atomic E-state index is 2.76. The monoisotopic (exact) mass is 325 g/mol. The summed E-state index contributed by atoms with van der Waals surface area (Å²) in [5.41, 5.74) is 3.11. The molecule has 2 heterocycles. The second kappa shape index (κ2) is 5.60. The van der Waals surface area contributed by atoms with Crippen molar-refractivity contribution in [2.75, 3.05) is 19.6 Å². The lowest BCUT2D eigenvalue weighted by Crippen LogP contribution is -2.33. The van der Waals surface area contributed by atoms with Gasteiger partial charge < -0.3 is 4.90 Å². The highest BCUT2D eigenvalue weighted by Crippen LogP contribution is 2.57. The molecule has 1 nitrogen and oxygen atoms in total. The number of benzene rings is 1. The van der Waals surface area contributed by atoms with Gasteiger partial charge in [0.2, 0.25) is 0 Å². The highest BCUT2D eigenvalue weighted by molar-refractivity contribution is 7.17. The molecule has 1 saturated heterocycles. The van der Waals surface area contributed by atoms with Gasteiger partial charge in [0.05, 0.1) is 0 Å². The lowest BCUT2D eigenvalue weighted by Gasteiger charge is -2.34. The highest BCUT2D eigenvalue weighted by Gasteiger charge is 2.48. The minimum atomic E-state index is 0.832. The van der Waals surface area contributed by atoms with Gasteiger partial charge in [-0.15, -0.1) is 11.3 Å². The minimum absolute atomic E-state index is 0.832. The highest BCUT2D eigenvalue weighted by atomic mass is 32.1. The molecular formula is C21H27NS. The van der Waals surface area contributed by atoms with Crippen molar-refractivity contribution >= 4 is 21.4 Å². The summed E-state index contributed by atoms with van der Waals surface area (Å²) in [6, 6.07) is 7.39. The van der Waals surface area contributed by atoms with Crippen LogP contribution in [0.25, 0.3) is 10.1 Å². The molecule has 0 radical (unpaired) electrons. The van der Waals surface area contributed by atoms with Crippen LogP contribution in [0.3, 0.4) is 0 Å². The van der Waals surface area contributed by atoms with Gasteiger partial charge in [-0.05, 0) is 110 Å². The fourth-order valence-electron chi connectivity index (χ4n) is 5.84. The number of hydrogen-bond donors (Lipinski definition) is 0. The maximum Gasteiger partial charge on any atom is 0.0345 e. The number of fused-ring (bicyclic) bond motifs is 3. The van der Waals surface area contributed by atoms with Crippen LogP contribution in [0.5, 0.6) is 0 Å². The molecule has 1 aliphatic heterocycles. The van der Waals surface area contributed by atoms with Crippen LogP contribution in [0.4, 0.5) is 0 Å². The smallest absolute Gasteiger partial charge is 0.0345 e. The van der Waals surface area contributed by atoms with Gasteiger partial charge in [-0.25, -0.2) is 0 Å². The topological polar surface area (TPSA) is 3.24 Å². The molecule has 0 spiro atoms. The summed E-state index contributed by atoms with van der Waals surface area (Å²) < 4.78 is 1.46. The Morgan fingerprint density at radius 3 is 2.83 bits per heavy atom.